The zero-order valence-electron chi connectivity index (χ0n) is 12.8. The molecule has 114 valence electrons. The van der Waals surface area contributed by atoms with Gasteiger partial charge >= 0.3 is 0 Å². The largest absolute Gasteiger partial charge is 0.411 e. The number of benzene rings is 1. The second-order valence-corrected chi connectivity index (χ2v) is 6.17. The molecule has 5 nitrogen and oxygen atoms in total. The van der Waals surface area contributed by atoms with Gasteiger partial charge in [0.05, 0.1) is 6.20 Å². The van der Waals surface area contributed by atoms with E-state index >= 15 is 0 Å². The number of nitrogens with one attached hydrogen (secondary N) is 1. The summed E-state index contributed by atoms with van der Waals surface area (Å²) in [6.07, 6.45) is 4.69. The van der Waals surface area contributed by atoms with E-state index in [2.05, 4.69) is 46.4 Å². The van der Waals surface area contributed by atoms with Gasteiger partial charge in [-0.15, -0.1) is 10.2 Å². The predicted molar refractivity (Wildman–Crippen MR) is 87.0 cm³/mol. The molecule has 0 aliphatic carbocycles. The molecule has 2 heterocycles. The van der Waals surface area contributed by atoms with Crippen LogP contribution in [0, 0.1) is 0 Å². The molecule has 1 N–H and O–H groups in total. The molecule has 2 aromatic heterocycles. The van der Waals surface area contributed by atoms with E-state index < -0.39 is 0 Å². The molecular formula is C16H18N4OS. The van der Waals surface area contributed by atoms with Gasteiger partial charge in [-0.2, -0.15) is 5.10 Å². The van der Waals surface area contributed by atoms with Gasteiger partial charge in [0.15, 0.2) is 0 Å². The Balaban J connectivity index is 1.78. The fraction of sp³-hybridized carbons (Fsp3) is 0.312. The molecule has 0 saturated heterocycles. The average molecular weight is 314 g/mol. The topological polar surface area (TPSA) is 67.6 Å². The monoisotopic (exact) mass is 314 g/mol. The van der Waals surface area contributed by atoms with Crippen LogP contribution >= 0.6 is 11.8 Å². The molecule has 1 aromatic carbocycles. The number of thioether (sulfide) groups is 1. The van der Waals surface area contributed by atoms with E-state index in [-0.39, 0.29) is 0 Å². The number of hydrogen-bond donors (Lipinski definition) is 1. The van der Waals surface area contributed by atoms with Crippen molar-refractivity contribution >= 4 is 11.8 Å². The number of aromatic amines is 1. The first-order valence-corrected chi connectivity index (χ1v) is 8.38. The average Bonchev–Trinajstić information content (AvgIpc) is 3.16. The standard InChI is InChI=1S/C16H18N4OS/c1-10(2)14-13(9-17-18-14)8-11-4-6-12(7-5-11)15-19-20-16(21-15)22-3/h4-7,9-10H,8H2,1-3H3,(H,17,18). The van der Waals surface area contributed by atoms with Gasteiger partial charge in [0.2, 0.25) is 5.89 Å². The Labute approximate surface area is 133 Å². The summed E-state index contributed by atoms with van der Waals surface area (Å²) >= 11 is 1.44. The third-order valence-electron chi connectivity index (χ3n) is 3.51. The van der Waals surface area contributed by atoms with Crippen molar-refractivity contribution in [2.75, 3.05) is 6.26 Å². The molecule has 0 radical (unpaired) electrons. The second kappa shape index (κ2) is 6.36. The summed E-state index contributed by atoms with van der Waals surface area (Å²) in [6, 6.07) is 8.22. The lowest BCUT2D eigenvalue weighted by molar-refractivity contribution is 0.466. The molecule has 0 spiro atoms. The van der Waals surface area contributed by atoms with Gasteiger partial charge in [-0.3, -0.25) is 5.10 Å². The summed E-state index contributed by atoms with van der Waals surface area (Å²) in [7, 11) is 0. The summed E-state index contributed by atoms with van der Waals surface area (Å²) in [5.41, 5.74) is 4.61. The van der Waals surface area contributed by atoms with Crippen LogP contribution in [0.1, 0.15) is 36.6 Å². The number of nitrogens with zero attached hydrogens (tertiary/aromatic N) is 3. The van der Waals surface area contributed by atoms with Crippen molar-refractivity contribution in [3.8, 4) is 11.5 Å². The molecule has 0 saturated carbocycles. The Morgan fingerprint density at radius 2 is 1.95 bits per heavy atom. The van der Waals surface area contributed by atoms with E-state index in [1.54, 1.807) is 0 Å². The minimum atomic E-state index is 0.445. The van der Waals surface area contributed by atoms with Crippen molar-refractivity contribution in [1.29, 1.82) is 0 Å². The van der Waals surface area contributed by atoms with E-state index in [1.807, 2.05) is 24.6 Å². The minimum absolute atomic E-state index is 0.445. The van der Waals surface area contributed by atoms with Gasteiger partial charge in [-0.05, 0) is 35.4 Å². The van der Waals surface area contributed by atoms with Gasteiger partial charge in [0, 0.05) is 17.7 Å². The molecule has 0 atom stereocenters. The van der Waals surface area contributed by atoms with Crippen molar-refractivity contribution in [2.45, 2.75) is 31.4 Å². The van der Waals surface area contributed by atoms with Gasteiger partial charge in [0.1, 0.15) is 0 Å². The lowest BCUT2D eigenvalue weighted by Gasteiger charge is -2.06. The lowest BCUT2D eigenvalue weighted by Crippen LogP contribution is -1.95. The number of rotatable bonds is 5. The molecule has 0 aliphatic rings. The first-order chi connectivity index (χ1) is 10.7. The van der Waals surface area contributed by atoms with Crippen molar-refractivity contribution < 1.29 is 4.42 Å². The Hall–Kier alpha value is -2.08. The molecule has 0 amide bonds. The summed E-state index contributed by atoms with van der Waals surface area (Å²) in [6.45, 7) is 4.33. The van der Waals surface area contributed by atoms with Gasteiger partial charge in [-0.25, -0.2) is 0 Å². The van der Waals surface area contributed by atoms with E-state index in [4.69, 9.17) is 4.42 Å². The van der Waals surface area contributed by atoms with Crippen molar-refractivity contribution in [2.24, 2.45) is 0 Å². The predicted octanol–water partition coefficient (Wildman–Crippen LogP) is 3.90. The Kier molecular flexibility index (Phi) is 4.29. The minimum Gasteiger partial charge on any atom is -0.411 e. The van der Waals surface area contributed by atoms with Crippen LogP contribution < -0.4 is 0 Å². The molecule has 0 aliphatic heterocycles. The summed E-state index contributed by atoms with van der Waals surface area (Å²) in [5.74, 6) is 1.00. The molecule has 22 heavy (non-hydrogen) atoms. The van der Waals surface area contributed by atoms with Crippen LogP contribution in [0.3, 0.4) is 0 Å². The van der Waals surface area contributed by atoms with E-state index in [0.717, 1.165) is 12.0 Å². The fourth-order valence-corrected chi connectivity index (χ4v) is 2.64. The van der Waals surface area contributed by atoms with Crippen LogP contribution in [0.2, 0.25) is 0 Å². The van der Waals surface area contributed by atoms with Gasteiger partial charge in [-0.1, -0.05) is 37.7 Å². The quantitative estimate of drug-likeness (QED) is 0.723. The van der Waals surface area contributed by atoms with E-state index in [0.29, 0.717) is 17.0 Å². The smallest absolute Gasteiger partial charge is 0.276 e. The highest BCUT2D eigenvalue weighted by atomic mass is 32.2. The fourth-order valence-electron chi connectivity index (χ4n) is 2.36. The third-order valence-corrected chi connectivity index (χ3v) is 4.02. The number of H-pyrrole nitrogens is 1. The summed E-state index contributed by atoms with van der Waals surface area (Å²) in [5, 5.41) is 15.8. The van der Waals surface area contributed by atoms with Crippen molar-refractivity contribution in [3.63, 3.8) is 0 Å². The van der Waals surface area contributed by atoms with Gasteiger partial charge < -0.3 is 4.42 Å². The number of hydrogen-bond acceptors (Lipinski definition) is 5. The highest BCUT2D eigenvalue weighted by Gasteiger charge is 2.11. The van der Waals surface area contributed by atoms with Crippen LogP contribution in [0.4, 0.5) is 0 Å². The highest BCUT2D eigenvalue weighted by molar-refractivity contribution is 7.98. The Bertz CT molecular complexity index is 746. The second-order valence-electron chi connectivity index (χ2n) is 5.41. The SMILES string of the molecule is CSc1nnc(-c2ccc(Cc3cn[nH]c3C(C)C)cc2)o1. The van der Waals surface area contributed by atoms with Crippen LogP contribution in [-0.4, -0.2) is 26.7 Å². The highest BCUT2D eigenvalue weighted by Crippen LogP contribution is 2.24. The zero-order chi connectivity index (χ0) is 15.5. The Morgan fingerprint density at radius 1 is 1.18 bits per heavy atom. The molecular weight excluding hydrogens is 296 g/mol. The summed E-state index contributed by atoms with van der Waals surface area (Å²) in [4.78, 5) is 0. The van der Waals surface area contributed by atoms with Crippen LogP contribution in [-0.2, 0) is 6.42 Å². The normalized spacial score (nSPS) is 11.3. The Morgan fingerprint density at radius 3 is 2.59 bits per heavy atom. The van der Waals surface area contributed by atoms with Crippen LogP contribution in [0.5, 0.6) is 0 Å². The molecule has 0 fully saturated rings. The van der Waals surface area contributed by atoms with Crippen molar-refractivity contribution in [1.82, 2.24) is 20.4 Å². The third kappa shape index (κ3) is 3.06. The van der Waals surface area contributed by atoms with E-state index in [1.165, 1.54) is 28.6 Å². The zero-order valence-corrected chi connectivity index (χ0v) is 13.6. The molecule has 0 unspecified atom stereocenters. The maximum absolute atomic E-state index is 5.54. The lowest BCUT2D eigenvalue weighted by atomic mass is 9.99. The maximum atomic E-state index is 5.54. The van der Waals surface area contributed by atoms with Gasteiger partial charge in [0.25, 0.3) is 5.22 Å². The molecule has 6 heteroatoms. The summed E-state index contributed by atoms with van der Waals surface area (Å²) < 4.78 is 5.54. The number of aromatic nitrogens is 4. The first kappa shape index (κ1) is 14.8. The van der Waals surface area contributed by atoms with Crippen LogP contribution in [0.25, 0.3) is 11.5 Å². The molecule has 3 aromatic rings. The molecule has 0 bridgehead atoms. The maximum Gasteiger partial charge on any atom is 0.276 e. The van der Waals surface area contributed by atoms with E-state index in [9.17, 15) is 0 Å². The van der Waals surface area contributed by atoms with Crippen molar-refractivity contribution in [3.05, 3.63) is 47.3 Å². The molecule has 3 rings (SSSR count). The van der Waals surface area contributed by atoms with Crippen LogP contribution in [0.15, 0.2) is 40.1 Å². The first-order valence-electron chi connectivity index (χ1n) is 7.16.